The maximum atomic E-state index is 13.9. The summed E-state index contributed by atoms with van der Waals surface area (Å²) in [5.74, 6) is 0.829. The first-order valence-electron chi connectivity index (χ1n) is 14.6. The molecular weight excluding hydrogens is 512 g/mol. The summed E-state index contributed by atoms with van der Waals surface area (Å²) in [6, 6.07) is 12.1. The second-order valence-electron chi connectivity index (χ2n) is 12.6. The first-order valence-corrected chi connectivity index (χ1v) is 14.6. The lowest BCUT2D eigenvalue weighted by molar-refractivity contribution is -0.112. The van der Waals surface area contributed by atoms with Crippen LogP contribution in [0.3, 0.4) is 0 Å². The molecule has 2 aromatic carbocycles. The Hall–Kier alpha value is -3.80. The van der Waals surface area contributed by atoms with Crippen LogP contribution in [-0.2, 0) is 16.1 Å². The fourth-order valence-electron chi connectivity index (χ4n) is 6.34. The molecule has 1 saturated carbocycles. The van der Waals surface area contributed by atoms with Crippen molar-refractivity contribution in [3.63, 3.8) is 0 Å². The van der Waals surface area contributed by atoms with Crippen molar-refractivity contribution in [3.05, 3.63) is 70.4 Å². The molecule has 0 spiro atoms. The largest absolute Gasteiger partial charge is 0.497 e. The van der Waals surface area contributed by atoms with Crippen LogP contribution in [0.5, 0.6) is 5.75 Å². The zero-order valence-corrected chi connectivity index (χ0v) is 25.5. The zero-order valence-electron chi connectivity index (χ0n) is 25.5. The molecule has 2 heterocycles. The molecule has 1 aliphatic carbocycles. The lowest BCUT2D eigenvalue weighted by Crippen LogP contribution is -2.23. The van der Waals surface area contributed by atoms with Crippen LogP contribution >= 0.6 is 0 Å². The first-order chi connectivity index (χ1) is 19.5. The summed E-state index contributed by atoms with van der Waals surface area (Å²) < 4.78 is 13.6. The lowest BCUT2D eigenvalue weighted by atomic mass is 9.81. The van der Waals surface area contributed by atoms with Gasteiger partial charge in [0.25, 0.3) is 0 Å². The van der Waals surface area contributed by atoms with E-state index in [4.69, 9.17) is 9.47 Å². The van der Waals surface area contributed by atoms with Crippen LogP contribution in [0.4, 0.5) is 0 Å². The van der Waals surface area contributed by atoms with E-state index in [0.29, 0.717) is 29.2 Å². The number of ketones is 1. The van der Waals surface area contributed by atoms with Crippen molar-refractivity contribution in [1.29, 1.82) is 0 Å². The number of allylic oxidation sites excluding steroid dienone is 2. The average molecular weight is 555 g/mol. The van der Waals surface area contributed by atoms with E-state index in [1.807, 2.05) is 83.2 Å². The van der Waals surface area contributed by atoms with Crippen molar-refractivity contribution in [2.45, 2.75) is 77.9 Å². The van der Waals surface area contributed by atoms with Gasteiger partial charge in [-0.15, -0.1) is 0 Å². The van der Waals surface area contributed by atoms with Gasteiger partial charge in [-0.2, -0.15) is 0 Å². The second-order valence-corrected chi connectivity index (χ2v) is 12.6. The van der Waals surface area contributed by atoms with Gasteiger partial charge in [-0.05, 0) is 94.0 Å². The maximum Gasteiger partial charge on any atom is 0.338 e. The van der Waals surface area contributed by atoms with Crippen LogP contribution in [0.2, 0.25) is 0 Å². The van der Waals surface area contributed by atoms with Gasteiger partial charge in [0, 0.05) is 47.9 Å². The average Bonchev–Trinajstić information content (AvgIpc) is 3.14. The third kappa shape index (κ3) is 5.83. The number of methoxy groups -OCH3 is 1. The summed E-state index contributed by atoms with van der Waals surface area (Å²) in [4.78, 5) is 28.9. The molecule has 6 nitrogen and oxygen atoms in total. The van der Waals surface area contributed by atoms with E-state index in [0.717, 1.165) is 46.3 Å². The summed E-state index contributed by atoms with van der Waals surface area (Å²) in [6.45, 7) is 7.91. The van der Waals surface area contributed by atoms with Crippen LogP contribution in [0.1, 0.15) is 87.2 Å². The number of aromatic nitrogens is 1. The van der Waals surface area contributed by atoms with Gasteiger partial charge >= 0.3 is 5.97 Å². The highest BCUT2D eigenvalue weighted by atomic mass is 16.6. The van der Waals surface area contributed by atoms with Crippen LogP contribution in [0.25, 0.3) is 28.2 Å². The van der Waals surface area contributed by atoms with Gasteiger partial charge < -0.3 is 18.9 Å². The Morgan fingerprint density at radius 2 is 1.76 bits per heavy atom. The molecule has 2 aliphatic rings. The number of rotatable bonds is 6. The summed E-state index contributed by atoms with van der Waals surface area (Å²) in [7, 11) is 5.51. The van der Waals surface area contributed by atoms with Gasteiger partial charge in [-0.3, -0.25) is 4.79 Å². The lowest BCUT2D eigenvalue weighted by Gasteiger charge is -2.24. The quantitative estimate of drug-likeness (QED) is 0.230. The van der Waals surface area contributed by atoms with Crippen LogP contribution in [-0.4, -0.2) is 48.0 Å². The third-order valence-corrected chi connectivity index (χ3v) is 8.03. The zero-order chi connectivity index (χ0) is 29.5. The van der Waals surface area contributed by atoms with E-state index >= 15 is 0 Å². The van der Waals surface area contributed by atoms with Gasteiger partial charge in [-0.25, -0.2) is 4.79 Å². The van der Waals surface area contributed by atoms with Crippen LogP contribution in [0, 0.1) is 0 Å². The molecule has 6 heteroatoms. The van der Waals surface area contributed by atoms with E-state index in [9.17, 15) is 9.59 Å². The Labute approximate surface area is 243 Å². The van der Waals surface area contributed by atoms with Gasteiger partial charge in [0.1, 0.15) is 11.4 Å². The summed E-state index contributed by atoms with van der Waals surface area (Å²) in [6.07, 6.45) is 9.83. The topological polar surface area (TPSA) is 60.8 Å². The van der Waals surface area contributed by atoms with E-state index in [-0.39, 0.29) is 11.8 Å². The number of carbonyl (C=O) groups is 2. The number of benzene rings is 2. The molecule has 41 heavy (non-hydrogen) atoms. The Bertz CT molecular complexity index is 1560. The number of hydrogen-bond donors (Lipinski definition) is 0. The number of nitrogens with zero attached hydrogens (tertiary/aromatic N) is 2. The predicted octanol–water partition coefficient (Wildman–Crippen LogP) is 7.75. The number of ether oxygens (including phenoxy) is 2. The number of carbonyl (C=O) groups excluding carboxylic acids is 2. The highest BCUT2D eigenvalue weighted by Crippen LogP contribution is 2.47. The highest BCUT2D eigenvalue weighted by molar-refractivity contribution is 6.12. The fourth-order valence-corrected chi connectivity index (χ4v) is 6.34. The number of Topliss-reactive ketones (excluding diaryl/α,β-unsaturated/α-hetero) is 1. The fraction of sp³-hybridized carbons (Fsp3) is 0.429. The van der Waals surface area contributed by atoms with Crippen molar-refractivity contribution in [2.24, 2.45) is 0 Å². The van der Waals surface area contributed by atoms with Gasteiger partial charge in [0.05, 0.1) is 24.9 Å². The van der Waals surface area contributed by atoms with E-state index in [1.165, 1.54) is 24.8 Å². The molecule has 1 aromatic heterocycles. The molecule has 0 atom stereocenters. The molecule has 1 aliphatic heterocycles. The SMILES string of the molecule is COc1ccc2c(c1)C=C(C(=O)/C(C)=C\N(C)C)Cn1c-2c(C2CCCCC2)c2ccc(C(=O)OC(C)(C)C)cc21. The minimum absolute atomic E-state index is 0.00434. The number of esters is 1. The molecule has 0 unspecified atom stereocenters. The summed E-state index contributed by atoms with van der Waals surface area (Å²) in [5.41, 5.74) is 6.77. The normalized spacial score (nSPS) is 16.0. The molecule has 0 radical (unpaired) electrons. The van der Waals surface area contributed by atoms with Crippen molar-refractivity contribution in [1.82, 2.24) is 9.47 Å². The molecule has 216 valence electrons. The molecule has 5 rings (SSSR count). The van der Waals surface area contributed by atoms with E-state index in [2.05, 4.69) is 16.7 Å². The molecule has 0 amide bonds. The number of fused-ring (bicyclic) bond motifs is 5. The molecule has 0 bridgehead atoms. The summed E-state index contributed by atoms with van der Waals surface area (Å²) >= 11 is 0. The highest BCUT2D eigenvalue weighted by Gasteiger charge is 2.31. The Balaban J connectivity index is 1.78. The Morgan fingerprint density at radius 1 is 1.02 bits per heavy atom. The van der Waals surface area contributed by atoms with Crippen LogP contribution < -0.4 is 4.74 Å². The van der Waals surface area contributed by atoms with Crippen molar-refractivity contribution in [2.75, 3.05) is 21.2 Å². The van der Waals surface area contributed by atoms with Crippen LogP contribution in [0.15, 0.2) is 53.7 Å². The molecular formula is C35H42N2O4. The maximum absolute atomic E-state index is 13.9. The van der Waals surface area contributed by atoms with E-state index < -0.39 is 5.60 Å². The van der Waals surface area contributed by atoms with Crippen molar-refractivity contribution < 1.29 is 19.1 Å². The number of hydrogen-bond acceptors (Lipinski definition) is 5. The molecule has 0 N–H and O–H groups in total. The van der Waals surface area contributed by atoms with Crippen molar-refractivity contribution in [3.8, 4) is 17.0 Å². The van der Waals surface area contributed by atoms with Crippen molar-refractivity contribution >= 4 is 28.7 Å². The molecule has 1 fully saturated rings. The van der Waals surface area contributed by atoms with E-state index in [1.54, 1.807) is 7.11 Å². The van der Waals surface area contributed by atoms with Gasteiger partial charge in [0.2, 0.25) is 0 Å². The molecule has 3 aromatic rings. The second kappa shape index (κ2) is 11.2. The smallest absolute Gasteiger partial charge is 0.338 e. The standard InChI is InChI=1S/C35H42N2O4/c1-22(20-36(5)6)33(38)26-17-25-18-27(40-7)14-16-28(25)32-31(23-11-9-8-10-12-23)29-15-13-24(19-30(29)37(32)21-26)34(39)41-35(2,3)4/h13-20,23H,8-12,21H2,1-7H3/b22-20-. The first kappa shape index (κ1) is 28.7. The Kier molecular flexibility index (Phi) is 7.87. The predicted molar refractivity (Wildman–Crippen MR) is 165 cm³/mol. The monoisotopic (exact) mass is 554 g/mol. The third-order valence-electron chi connectivity index (χ3n) is 8.03. The molecule has 0 saturated heterocycles. The Morgan fingerprint density at radius 3 is 2.41 bits per heavy atom. The minimum Gasteiger partial charge on any atom is -0.497 e. The minimum atomic E-state index is -0.591. The van der Waals surface area contributed by atoms with Gasteiger partial charge in [-0.1, -0.05) is 25.3 Å². The summed E-state index contributed by atoms with van der Waals surface area (Å²) in [5, 5.41) is 1.15. The van der Waals surface area contributed by atoms with Gasteiger partial charge in [0.15, 0.2) is 5.78 Å².